The molecule has 0 N–H and O–H groups in total. The minimum absolute atomic E-state index is 1.11. The highest BCUT2D eigenvalue weighted by molar-refractivity contribution is 6.29. The maximum atomic E-state index is 4.36. The van der Waals surface area contributed by atoms with E-state index < -0.39 is 0 Å². The van der Waals surface area contributed by atoms with Gasteiger partial charge in [-0.25, -0.2) is 0 Å². The number of nitrogens with zero attached hydrogens (tertiary/aromatic N) is 2. The fraction of sp³-hybridized carbons (Fsp3) is 0. The molecule has 0 saturated carbocycles. The van der Waals surface area contributed by atoms with Crippen molar-refractivity contribution in [3.05, 3.63) is 182 Å². The molecule has 1 aliphatic rings. The van der Waals surface area contributed by atoms with Crippen LogP contribution in [0, 0.1) is 0 Å². The van der Waals surface area contributed by atoms with E-state index in [1.807, 2.05) is 12.4 Å². The van der Waals surface area contributed by atoms with E-state index in [1.165, 1.54) is 71.4 Å². The zero-order chi connectivity index (χ0) is 32.3. The van der Waals surface area contributed by atoms with Crippen LogP contribution in [-0.2, 0) is 0 Å². The van der Waals surface area contributed by atoms with Crippen molar-refractivity contribution in [2.75, 3.05) is 4.90 Å². The predicted octanol–water partition coefficient (Wildman–Crippen LogP) is 13.0. The predicted molar refractivity (Wildman–Crippen MR) is 207 cm³/mol. The number of anilines is 3. The van der Waals surface area contributed by atoms with Crippen molar-refractivity contribution in [2.45, 2.75) is 0 Å². The van der Waals surface area contributed by atoms with Crippen LogP contribution in [0.5, 0.6) is 0 Å². The van der Waals surface area contributed by atoms with E-state index in [1.54, 1.807) is 0 Å². The Balaban J connectivity index is 1.32. The maximum Gasteiger partial charge on any atom is 0.0540 e. The minimum atomic E-state index is 1.11. The van der Waals surface area contributed by atoms with Gasteiger partial charge in [-0.15, -0.1) is 0 Å². The van der Waals surface area contributed by atoms with E-state index in [0.717, 1.165) is 22.4 Å². The van der Waals surface area contributed by atoms with Gasteiger partial charge in [0.05, 0.1) is 5.69 Å². The fourth-order valence-corrected chi connectivity index (χ4v) is 8.00. The Labute approximate surface area is 285 Å². The Bertz CT molecular complexity index is 2610. The Morgan fingerprint density at radius 3 is 1.65 bits per heavy atom. The van der Waals surface area contributed by atoms with Crippen LogP contribution in [0.15, 0.2) is 182 Å². The first-order valence-electron chi connectivity index (χ1n) is 16.8. The highest BCUT2D eigenvalue weighted by atomic mass is 15.1. The molecule has 1 aliphatic carbocycles. The lowest BCUT2D eigenvalue weighted by molar-refractivity contribution is 1.30. The Morgan fingerprint density at radius 1 is 0.388 bits per heavy atom. The highest BCUT2D eigenvalue weighted by Crippen LogP contribution is 2.59. The molecule has 0 fully saturated rings. The van der Waals surface area contributed by atoms with Crippen LogP contribution in [0.4, 0.5) is 17.1 Å². The molecule has 0 radical (unpaired) electrons. The Hall–Kier alpha value is -6.51. The van der Waals surface area contributed by atoms with E-state index in [4.69, 9.17) is 0 Å². The van der Waals surface area contributed by atoms with Crippen molar-refractivity contribution in [2.24, 2.45) is 0 Å². The van der Waals surface area contributed by atoms with Crippen LogP contribution in [-0.4, -0.2) is 4.98 Å². The highest BCUT2D eigenvalue weighted by Gasteiger charge is 2.31. The summed E-state index contributed by atoms with van der Waals surface area (Å²) in [5, 5.41) is 7.36. The summed E-state index contributed by atoms with van der Waals surface area (Å²) >= 11 is 0. The average molecular weight is 623 g/mol. The van der Waals surface area contributed by atoms with E-state index >= 15 is 0 Å². The summed E-state index contributed by atoms with van der Waals surface area (Å²) in [5.74, 6) is 0. The van der Waals surface area contributed by atoms with Crippen molar-refractivity contribution < 1.29 is 0 Å². The van der Waals surface area contributed by atoms with E-state index in [2.05, 4.69) is 180 Å². The number of rotatable bonds is 5. The van der Waals surface area contributed by atoms with Gasteiger partial charge in [-0.05, 0) is 102 Å². The number of benzene rings is 8. The fourth-order valence-electron chi connectivity index (χ4n) is 8.00. The molecular weight excluding hydrogens is 593 g/mol. The first-order chi connectivity index (χ1) is 24.3. The molecule has 10 rings (SSSR count). The van der Waals surface area contributed by atoms with Crippen molar-refractivity contribution in [3.8, 4) is 44.5 Å². The van der Waals surface area contributed by atoms with Crippen LogP contribution >= 0.6 is 0 Å². The number of hydrogen-bond acceptors (Lipinski definition) is 2. The lowest BCUT2D eigenvalue weighted by atomic mass is 9.82. The second-order valence-electron chi connectivity index (χ2n) is 12.7. The summed E-state index contributed by atoms with van der Waals surface area (Å²) < 4.78 is 0. The SMILES string of the molecule is c1ccc(-c2c3c(c(-c4ccccc4)c4ccccc24)-c2ccc(N(c4ccccc4)c4ccc5cnccc5c4)c4cccc-3c24)cc1. The smallest absolute Gasteiger partial charge is 0.0540 e. The summed E-state index contributed by atoms with van der Waals surface area (Å²) in [6.45, 7) is 0. The van der Waals surface area contributed by atoms with Crippen molar-refractivity contribution in [3.63, 3.8) is 0 Å². The van der Waals surface area contributed by atoms with E-state index in [9.17, 15) is 0 Å². The van der Waals surface area contributed by atoms with Crippen LogP contribution in [0.2, 0.25) is 0 Å². The van der Waals surface area contributed by atoms with Crippen LogP contribution in [0.25, 0.3) is 76.8 Å². The third-order valence-corrected chi connectivity index (χ3v) is 10.0. The van der Waals surface area contributed by atoms with Gasteiger partial charge < -0.3 is 4.90 Å². The molecule has 228 valence electrons. The number of para-hydroxylation sites is 1. The van der Waals surface area contributed by atoms with Crippen LogP contribution < -0.4 is 4.90 Å². The molecule has 0 amide bonds. The quantitative estimate of drug-likeness (QED) is 0.190. The molecule has 0 aliphatic heterocycles. The lowest BCUT2D eigenvalue weighted by Gasteiger charge is -2.27. The maximum absolute atomic E-state index is 4.36. The second kappa shape index (κ2) is 11.0. The molecule has 1 heterocycles. The third kappa shape index (κ3) is 4.24. The molecule has 49 heavy (non-hydrogen) atoms. The van der Waals surface area contributed by atoms with Gasteiger partial charge in [0.1, 0.15) is 0 Å². The molecule has 0 unspecified atom stereocenters. The van der Waals surface area contributed by atoms with Crippen LogP contribution in [0.3, 0.4) is 0 Å². The van der Waals surface area contributed by atoms with Crippen molar-refractivity contribution in [1.29, 1.82) is 0 Å². The standard InChI is InChI=1S/C47H30N2/c1-4-13-31(14-5-1)43-37-19-10-11-20-38(37)44(32-15-6-2-7-16-32)47-41-25-26-42(39-21-12-22-40(45(39)41)46(43)47)49(35-17-8-3-9-18-35)36-24-23-34-30-48-28-27-33(34)29-36/h1-30H. The molecular formula is C47H30N2. The summed E-state index contributed by atoms with van der Waals surface area (Å²) in [5.41, 5.74) is 13.6. The molecule has 0 spiro atoms. The summed E-state index contributed by atoms with van der Waals surface area (Å²) in [6.07, 6.45) is 3.80. The van der Waals surface area contributed by atoms with E-state index in [-0.39, 0.29) is 0 Å². The Kier molecular flexibility index (Phi) is 6.22. The van der Waals surface area contributed by atoms with Gasteiger partial charge in [0.15, 0.2) is 0 Å². The van der Waals surface area contributed by atoms with Crippen LogP contribution in [0.1, 0.15) is 0 Å². The number of aromatic nitrogens is 1. The van der Waals surface area contributed by atoms with Gasteiger partial charge in [-0.3, -0.25) is 4.98 Å². The molecule has 2 heteroatoms. The molecule has 8 aromatic carbocycles. The monoisotopic (exact) mass is 622 g/mol. The van der Waals surface area contributed by atoms with Gasteiger partial charge in [0.25, 0.3) is 0 Å². The van der Waals surface area contributed by atoms with Gasteiger partial charge in [-0.2, -0.15) is 0 Å². The van der Waals surface area contributed by atoms with Gasteiger partial charge in [0, 0.05) is 34.5 Å². The first-order valence-corrected chi connectivity index (χ1v) is 16.8. The molecule has 0 bridgehead atoms. The second-order valence-corrected chi connectivity index (χ2v) is 12.7. The normalized spacial score (nSPS) is 11.7. The summed E-state index contributed by atoms with van der Waals surface area (Å²) in [6, 6.07) is 61.8. The first kappa shape index (κ1) is 27.6. The number of pyridine rings is 1. The molecule has 0 saturated heterocycles. The third-order valence-electron chi connectivity index (χ3n) is 10.0. The molecule has 1 aromatic heterocycles. The lowest BCUT2D eigenvalue weighted by Crippen LogP contribution is -2.10. The molecule has 2 nitrogen and oxygen atoms in total. The zero-order valence-electron chi connectivity index (χ0n) is 26.7. The van der Waals surface area contributed by atoms with E-state index in [0.29, 0.717) is 0 Å². The van der Waals surface area contributed by atoms with Gasteiger partial charge in [0.2, 0.25) is 0 Å². The average Bonchev–Trinajstić information content (AvgIpc) is 3.50. The zero-order valence-corrected chi connectivity index (χ0v) is 26.7. The minimum Gasteiger partial charge on any atom is -0.310 e. The van der Waals surface area contributed by atoms with Gasteiger partial charge >= 0.3 is 0 Å². The van der Waals surface area contributed by atoms with Crippen molar-refractivity contribution >= 4 is 49.4 Å². The van der Waals surface area contributed by atoms with Gasteiger partial charge in [-0.1, -0.05) is 133 Å². The Morgan fingerprint density at radius 2 is 0.980 bits per heavy atom. The molecule has 0 atom stereocenters. The number of hydrogen-bond donors (Lipinski definition) is 0. The topological polar surface area (TPSA) is 16.1 Å². The molecule has 9 aromatic rings. The largest absolute Gasteiger partial charge is 0.310 e. The summed E-state index contributed by atoms with van der Waals surface area (Å²) in [4.78, 5) is 6.76. The summed E-state index contributed by atoms with van der Waals surface area (Å²) in [7, 11) is 0. The number of fused-ring (bicyclic) bond motifs is 5. The van der Waals surface area contributed by atoms with Crippen molar-refractivity contribution in [1.82, 2.24) is 4.98 Å².